The average molecular weight is 278 g/mol. The van der Waals surface area contributed by atoms with Crippen LogP contribution in [0.15, 0.2) is 0 Å². The van der Waals surface area contributed by atoms with Crippen molar-refractivity contribution in [3.63, 3.8) is 0 Å². The van der Waals surface area contributed by atoms with Crippen LogP contribution in [0, 0.1) is 11.3 Å². The van der Waals surface area contributed by atoms with Gasteiger partial charge >= 0.3 is 0 Å². The van der Waals surface area contributed by atoms with Crippen LogP contribution < -0.4 is 10.6 Å². The first-order valence-electron chi connectivity index (χ1n) is 7.86. The van der Waals surface area contributed by atoms with E-state index in [1.165, 1.54) is 6.42 Å². The minimum Gasteiger partial charge on any atom is -0.337 e. The fraction of sp³-hybridized carbons (Fsp3) is 0.867. The summed E-state index contributed by atoms with van der Waals surface area (Å²) in [6.45, 7) is 5.42. The van der Waals surface area contributed by atoms with E-state index in [0.29, 0.717) is 12.6 Å². The zero-order chi connectivity index (χ0) is 14.4. The van der Waals surface area contributed by atoms with Gasteiger partial charge in [-0.05, 0) is 51.6 Å². The average Bonchev–Trinajstić information content (AvgIpc) is 2.94. The van der Waals surface area contributed by atoms with Gasteiger partial charge in [-0.15, -0.1) is 0 Å². The van der Waals surface area contributed by atoms with Crippen molar-refractivity contribution in [2.24, 2.45) is 0 Å². The highest BCUT2D eigenvalue weighted by molar-refractivity contribution is 5.79. The summed E-state index contributed by atoms with van der Waals surface area (Å²) in [6, 6.07) is 2.76. The van der Waals surface area contributed by atoms with E-state index in [1.54, 1.807) is 0 Å². The number of hydrogen-bond acceptors (Lipinski definition) is 4. The minimum absolute atomic E-state index is 0.000809. The Hall–Kier alpha value is -1.12. The molecule has 1 saturated carbocycles. The van der Waals surface area contributed by atoms with Gasteiger partial charge in [0.1, 0.15) is 5.54 Å². The van der Waals surface area contributed by atoms with E-state index in [2.05, 4.69) is 28.5 Å². The molecule has 1 atom stereocenters. The van der Waals surface area contributed by atoms with Crippen molar-refractivity contribution in [1.82, 2.24) is 15.5 Å². The molecule has 5 nitrogen and oxygen atoms in total. The van der Waals surface area contributed by atoms with Gasteiger partial charge in [0.05, 0.1) is 12.6 Å². The lowest BCUT2D eigenvalue weighted by Crippen LogP contribution is -2.53. The number of nitrogens with zero attached hydrogens (tertiary/aromatic N) is 2. The topological polar surface area (TPSA) is 68.2 Å². The van der Waals surface area contributed by atoms with Crippen LogP contribution in [-0.4, -0.2) is 48.6 Å². The summed E-state index contributed by atoms with van der Waals surface area (Å²) in [7, 11) is 0. The van der Waals surface area contributed by atoms with Crippen LogP contribution in [0.3, 0.4) is 0 Å². The number of carbonyl (C=O) groups is 1. The second-order valence-corrected chi connectivity index (χ2v) is 6.01. The van der Waals surface area contributed by atoms with Gasteiger partial charge in [0.2, 0.25) is 5.91 Å². The maximum Gasteiger partial charge on any atom is 0.235 e. The van der Waals surface area contributed by atoms with Gasteiger partial charge in [0, 0.05) is 12.6 Å². The van der Waals surface area contributed by atoms with Crippen LogP contribution in [0.25, 0.3) is 0 Å². The summed E-state index contributed by atoms with van der Waals surface area (Å²) >= 11 is 0. The summed E-state index contributed by atoms with van der Waals surface area (Å²) in [5.74, 6) is 0.000809. The molecule has 0 bridgehead atoms. The highest BCUT2D eigenvalue weighted by Gasteiger charge is 2.35. The number of nitrogens with one attached hydrogen (secondary N) is 2. The standard InChI is InChI=1S/C15H26N4O/c1-2-19(13-6-5-9-17-10-13)11-14(20)18-15(12-16)7-3-4-8-15/h13,17H,2-11H2,1H3,(H,18,20). The Labute approximate surface area is 121 Å². The largest absolute Gasteiger partial charge is 0.337 e. The molecule has 0 aromatic carbocycles. The summed E-state index contributed by atoms with van der Waals surface area (Å²) in [6.07, 6.45) is 6.00. The fourth-order valence-electron chi connectivity index (χ4n) is 3.38. The number of rotatable bonds is 5. The second kappa shape index (κ2) is 7.05. The molecule has 1 saturated heterocycles. The number of hydrogen-bond donors (Lipinski definition) is 2. The molecule has 2 aliphatic rings. The molecule has 1 amide bonds. The van der Waals surface area contributed by atoms with Crippen molar-refractivity contribution in [1.29, 1.82) is 5.26 Å². The Morgan fingerprint density at radius 2 is 2.20 bits per heavy atom. The van der Waals surface area contributed by atoms with E-state index < -0.39 is 5.54 Å². The molecule has 1 unspecified atom stereocenters. The lowest BCUT2D eigenvalue weighted by molar-refractivity contribution is -0.124. The molecule has 1 aliphatic carbocycles. The molecule has 1 aliphatic heterocycles. The molecule has 0 spiro atoms. The van der Waals surface area contributed by atoms with Crippen LogP contribution in [-0.2, 0) is 4.79 Å². The van der Waals surface area contributed by atoms with Crippen LogP contribution in [0.4, 0.5) is 0 Å². The molecule has 2 rings (SSSR count). The first-order chi connectivity index (χ1) is 9.69. The molecule has 0 aromatic heterocycles. The Morgan fingerprint density at radius 1 is 1.45 bits per heavy atom. The summed E-state index contributed by atoms with van der Waals surface area (Å²) in [5.41, 5.74) is -0.596. The third-order valence-electron chi connectivity index (χ3n) is 4.59. The van der Waals surface area contributed by atoms with Crippen molar-refractivity contribution < 1.29 is 4.79 Å². The number of carbonyl (C=O) groups excluding carboxylic acids is 1. The molecule has 0 radical (unpaired) electrons. The SMILES string of the molecule is CCN(CC(=O)NC1(C#N)CCCC1)C1CCCNC1. The van der Waals surface area contributed by atoms with Crippen LogP contribution in [0.2, 0.25) is 0 Å². The quantitative estimate of drug-likeness (QED) is 0.787. The van der Waals surface area contributed by atoms with Gasteiger partial charge in [-0.2, -0.15) is 5.26 Å². The molecule has 5 heteroatoms. The van der Waals surface area contributed by atoms with E-state index in [-0.39, 0.29) is 5.91 Å². The first kappa shape index (κ1) is 15.3. The van der Waals surface area contributed by atoms with Crippen molar-refractivity contribution in [2.45, 2.75) is 57.0 Å². The molecule has 2 N–H and O–H groups in total. The molecule has 112 valence electrons. The maximum atomic E-state index is 12.3. The van der Waals surface area contributed by atoms with E-state index >= 15 is 0 Å². The molecule has 20 heavy (non-hydrogen) atoms. The first-order valence-corrected chi connectivity index (χ1v) is 7.86. The van der Waals surface area contributed by atoms with Gasteiger partial charge in [-0.25, -0.2) is 0 Å². The van der Waals surface area contributed by atoms with Crippen LogP contribution >= 0.6 is 0 Å². The number of nitriles is 1. The summed E-state index contributed by atoms with van der Waals surface area (Å²) in [5, 5.41) is 15.7. The lowest BCUT2D eigenvalue weighted by atomic mass is 10.00. The molecule has 1 heterocycles. The van der Waals surface area contributed by atoms with Gasteiger partial charge < -0.3 is 10.6 Å². The second-order valence-electron chi connectivity index (χ2n) is 6.01. The number of piperidine rings is 1. The minimum atomic E-state index is -0.596. The van der Waals surface area contributed by atoms with Gasteiger partial charge in [0.15, 0.2) is 0 Å². The van der Waals surface area contributed by atoms with Crippen LogP contribution in [0.5, 0.6) is 0 Å². The highest BCUT2D eigenvalue weighted by Crippen LogP contribution is 2.28. The lowest BCUT2D eigenvalue weighted by Gasteiger charge is -2.34. The Kier molecular flexibility index (Phi) is 5.38. The van der Waals surface area contributed by atoms with Crippen molar-refractivity contribution >= 4 is 5.91 Å². The zero-order valence-electron chi connectivity index (χ0n) is 12.5. The molecular weight excluding hydrogens is 252 g/mol. The molecule has 2 fully saturated rings. The maximum absolute atomic E-state index is 12.3. The number of amides is 1. The third-order valence-corrected chi connectivity index (χ3v) is 4.59. The Morgan fingerprint density at radius 3 is 2.75 bits per heavy atom. The predicted molar refractivity (Wildman–Crippen MR) is 78.1 cm³/mol. The summed E-state index contributed by atoms with van der Waals surface area (Å²) in [4.78, 5) is 14.5. The van der Waals surface area contributed by atoms with Crippen LogP contribution in [0.1, 0.15) is 45.4 Å². The van der Waals surface area contributed by atoms with E-state index in [1.807, 2.05) is 0 Å². The number of likely N-dealkylation sites (N-methyl/N-ethyl adjacent to an activating group) is 1. The Bertz CT molecular complexity index is 365. The monoisotopic (exact) mass is 278 g/mol. The van der Waals surface area contributed by atoms with Crippen molar-refractivity contribution in [2.75, 3.05) is 26.2 Å². The molecule has 0 aromatic rings. The molecular formula is C15H26N4O. The van der Waals surface area contributed by atoms with Gasteiger partial charge in [0.25, 0.3) is 0 Å². The van der Waals surface area contributed by atoms with E-state index in [0.717, 1.165) is 51.7 Å². The third kappa shape index (κ3) is 3.71. The Balaban J connectivity index is 1.87. The van der Waals surface area contributed by atoms with Crippen molar-refractivity contribution in [3.05, 3.63) is 0 Å². The fourth-order valence-corrected chi connectivity index (χ4v) is 3.38. The summed E-state index contributed by atoms with van der Waals surface area (Å²) < 4.78 is 0. The van der Waals surface area contributed by atoms with Crippen molar-refractivity contribution in [3.8, 4) is 6.07 Å². The van der Waals surface area contributed by atoms with Gasteiger partial charge in [-0.3, -0.25) is 9.69 Å². The smallest absolute Gasteiger partial charge is 0.235 e. The van der Waals surface area contributed by atoms with E-state index in [4.69, 9.17) is 0 Å². The predicted octanol–water partition coefficient (Wildman–Crippen LogP) is 1.01. The zero-order valence-corrected chi connectivity index (χ0v) is 12.5. The normalized spacial score (nSPS) is 25.4. The van der Waals surface area contributed by atoms with E-state index in [9.17, 15) is 10.1 Å². The highest BCUT2D eigenvalue weighted by atomic mass is 16.2. The van der Waals surface area contributed by atoms with Gasteiger partial charge in [-0.1, -0.05) is 6.92 Å².